The van der Waals surface area contributed by atoms with Gasteiger partial charge in [-0.15, -0.1) is 0 Å². The predicted octanol–water partition coefficient (Wildman–Crippen LogP) is 1.07. The summed E-state index contributed by atoms with van der Waals surface area (Å²) < 4.78 is 11.0. The van der Waals surface area contributed by atoms with E-state index in [0.717, 1.165) is 5.56 Å². The molecule has 4 nitrogen and oxygen atoms in total. The number of aryl methyl sites for hydroxylation is 1. The summed E-state index contributed by atoms with van der Waals surface area (Å²) >= 11 is 0. The average Bonchev–Trinajstić information content (AvgIpc) is 2.20. The van der Waals surface area contributed by atoms with Crippen LogP contribution in [0.5, 0.6) is 0 Å². The van der Waals surface area contributed by atoms with Crippen molar-refractivity contribution in [1.82, 2.24) is 5.32 Å². The monoisotopic (exact) mass is 254 g/mol. The maximum absolute atomic E-state index is 11.8. The normalized spacial score (nSPS) is 14.1. The van der Waals surface area contributed by atoms with Gasteiger partial charge in [0.05, 0.1) is 0 Å². The highest BCUT2D eigenvalue weighted by molar-refractivity contribution is 7.84. The predicted molar refractivity (Wildman–Crippen MR) is 71.5 cm³/mol. The van der Waals surface area contributed by atoms with Gasteiger partial charge < -0.3 is 11.1 Å². The van der Waals surface area contributed by atoms with Gasteiger partial charge in [-0.05, 0) is 37.6 Å². The molecule has 17 heavy (non-hydrogen) atoms. The molecule has 0 bridgehead atoms. The zero-order valence-electron chi connectivity index (χ0n) is 10.3. The van der Waals surface area contributed by atoms with Crippen LogP contribution in [-0.2, 0) is 10.8 Å². The molecule has 0 saturated heterocycles. The molecular formula is C12H18N2O2S. The molecule has 0 heterocycles. The Morgan fingerprint density at radius 3 is 2.71 bits per heavy atom. The minimum atomic E-state index is -0.911. The number of nitrogens with two attached hydrogens (primary N) is 1. The Balaban J connectivity index is 2.70. The second kappa shape index (κ2) is 5.82. The van der Waals surface area contributed by atoms with E-state index in [-0.39, 0.29) is 11.9 Å². The molecule has 0 saturated carbocycles. The van der Waals surface area contributed by atoms with E-state index < -0.39 is 10.8 Å². The summed E-state index contributed by atoms with van der Waals surface area (Å²) in [5.74, 6) is 0.297. The van der Waals surface area contributed by atoms with Gasteiger partial charge in [-0.2, -0.15) is 0 Å². The third-order valence-electron chi connectivity index (χ3n) is 2.39. The van der Waals surface area contributed by atoms with Gasteiger partial charge in [0.15, 0.2) is 0 Å². The average molecular weight is 254 g/mol. The first kappa shape index (κ1) is 13.7. The van der Waals surface area contributed by atoms with Gasteiger partial charge in [-0.3, -0.25) is 9.00 Å². The molecule has 1 aromatic carbocycles. The van der Waals surface area contributed by atoms with Crippen molar-refractivity contribution in [2.75, 3.05) is 17.7 Å². The lowest BCUT2D eigenvalue weighted by Crippen LogP contribution is -2.36. The summed E-state index contributed by atoms with van der Waals surface area (Å²) in [4.78, 5) is 11.8. The lowest BCUT2D eigenvalue weighted by molar-refractivity contribution is 0.0943. The van der Waals surface area contributed by atoms with Crippen LogP contribution >= 0.6 is 0 Å². The van der Waals surface area contributed by atoms with E-state index in [1.807, 2.05) is 13.8 Å². The molecule has 0 aliphatic rings. The number of carbonyl (C=O) groups is 1. The molecule has 0 aliphatic heterocycles. The van der Waals surface area contributed by atoms with Crippen LogP contribution in [0.4, 0.5) is 5.69 Å². The Kier molecular flexibility index (Phi) is 4.69. The summed E-state index contributed by atoms with van der Waals surface area (Å²) in [6.07, 6.45) is 1.62. The first-order valence-electron chi connectivity index (χ1n) is 5.37. The molecule has 1 amide bonds. The van der Waals surface area contributed by atoms with Crippen LogP contribution in [0.3, 0.4) is 0 Å². The molecule has 1 aromatic rings. The summed E-state index contributed by atoms with van der Waals surface area (Å²) in [5.41, 5.74) is 7.81. The number of nitrogens with one attached hydrogen (secondary N) is 1. The number of rotatable bonds is 4. The highest BCUT2D eigenvalue weighted by Gasteiger charge is 2.11. The van der Waals surface area contributed by atoms with E-state index in [1.165, 1.54) is 0 Å². The third-order valence-corrected chi connectivity index (χ3v) is 3.36. The number of carbonyl (C=O) groups excluding carboxylic acids is 1. The first-order chi connectivity index (χ1) is 7.90. The SMILES string of the molecule is Cc1cc(C(=O)NC(C)CS(C)=O)ccc1N. The standard InChI is InChI=1S/C12H18N2O2S/c1-8-6-10(4-5-11(8)13)12(15)14-9(2)7-17(3)16/h4-6,9H,7,13H2,1-3H3,(H,14,15). The first-order valence-corrected chi connectivity index (χ1v) is 7.10. The van der Waals surface area contributed by atoms with Crippen molar-refractivity contribution in [1.29, 1.82) is 0 Å². The van der Waals surface area contributed by atoms with E-state index in [1.54, 1.807) is 24.5 Å². The molecule has 5 heteroatoms. The van der Waals surface area contributed by atoms with Gasteiger partial charge >= 0.3 is 0 Å². The Morgan fingerprint density at radius 2 is 2.18 bits per heavy atom. The maximum atomic E-state index is 11.8. The van der Waals surface area contributed by atoms with Crippen LogP contribution in [0.2, 0.25) is 0 Å². The number of hydrogen-bond donors (Lipinski definition) is 2. The molecule has 94 valence electrons. The number of hydrogen-bond acceptors (Lipinski definition) is 3. The zero-order valence-corrected chi connectivity index (χ0v) is 11.1. The van der Waals surface area contributed by atoms with E-state index in [0.29, 0.717) is 17.0 Å². The van der Waals surface area contributed by atoms with Gasteiger partial charge in [-0.1, -0.05) is 0 Å². The molecule has 0 fully saturated rings. The fraction of sp³-hybridized carbons (Fsp3) is 0.417. The molecular weight excluding hydrogens is 236 g/mol. The maximum Gasteiger partial charge on any atom is 0.251 e. The molecule has 1 rings (SSSR count). The van der Waals surface area contributed by atoms with Crippen molar-refractivity contribution in [2.45, 2.75) is 19.9 Å². The fourth-order valence-electron chi connectivity index (χ4n) is 1.52. The van der Waals surface area contributed by atoms with Crippen LogP contribution in [0.1, 0.15) is 22.8 Å². The summed E-state index contributed by atoms with van der Waals surface area (Å²) in [5, 5.41) is 2.80. The largest absolute Gasteiger partial charge is 0.399 e. The van der Waals surface area contributed by atoms with Crippen molar-refractivity contribution in [3.05, 3.63) is 29.3 Å². The third kappa shape index (κ3) is 4.19. The Bertz CT molecular complexity index is 446. The highest BCUT2D eigenvalue weighted by atomic mass is 32.2. The quantitative estimate of drug-likeness (QED) is 0.790. The van der Waals surface area contributed by atoms with E-state index in [9.17, 15) is 9.00 Å². The smallest absolute Gasteiger partial charge is 0.251 e. The van der Waals surface area contributed by atoms with E-state index in [2.05, 4.69) is 5.32 Å². The zero-order chi connectivity index (χ0) is 13.0. The van der Waals surface area contributed by atoms with E-state index >= 15 is 0 Å². The second-order valence-corrected chi connectivity index (χ2v) is 5.67. The van der Waals surface area contributed by atoms with Crippen molar-refractivity contribution < 1.29 is 9.00 Å². The van der Waals surface area contributed by atoms with Gasteiger partial charge in [0.25, 0.3) is 5.91 Å². The fourth-order valence-corrected chi connectivity index (χ4v) is 2.31. The molecule has 0 aliphatic carbocycles. The summed E-state index contributed by atoms with van der Waals surface area (Å²) in [7, 11) is -0.911. The van der Waals surface area contributed by atoms with Gasteiger partial charge in [0.2, 0.25) is 0 Å². The van der Waals surface area contributed by atoms with Crippen molar-refractivity contribution >= 4 is 22.4 Å². The molecule has 3 N–H and O–H groups in total. The number of anilines is 1. The van der Waals surface area contributed by atoms with Crippen molar-refractivity contribution in [2.24, 2.45) is 0 Å². The Hall–Kier alpha value is -1.36. The molecule has 0 aromatic heterocycles. The van der Waals surface area contributed by atoms with E-state index in [4.69, 9.17) is 5.73 Å². The van der Waals surface area contributed by atoms with Gasteiger partial charge in [0.1, 0.15) is 0 Å². The van der Waals surface area contributed by atoms with Crippen LogP contribution in [-0.4, -0.2) is 28.2 Å². The lowest BCUT2D eigenvalue weighted by atomic mass is 10.1. The van der Waals surface area contributed by atoms with Crippen LogP contribution in [0.15, 0.2) is 18.2 Å². The second-order valence-electron chi connectivity index (χ2n) is 4.19. The number of nitrogen functional groups attached to an aromatic ring is 1. The number of benzene rings is 1. The topological polar surface area (TPSA) is 72.2 Å². The summed E-state index contributed by atoms with van der Waals surface area (Å²) in [6.45, 7) is 3.69. The van der Waals surface area contributed by atoms with Crippen LogP contribution in [0, 0.1) is 6.92 Å². The van der Waals surface area contributed by atoms with Crippen molar-refractivity contribution in [3.63, 3.8) is 0 Å². The van der Waals surface area contributed by atoms with Crippen LogP contribution < -0.4 is 11.1 Å². The van der Waals surface area contributed by atoms with Gasteiger partial charge in [-0.25, -0.2) is 0 Å². The molecule has 0 spiro atoms. The van der Waals surface area contributed by atoms with Gasteiger partial charge in [0, 0.05) is 40.1 Å². The Labute approximate surface area is 104 Å². The molecule has 2 atom stereocenters. The number of amides is 1. The summed E-state index contributed by atoms with van der Waals surface area (Å²) in [6, 6.07) is 5.05. The highest BCUT2D eigenvalue weighted by Crippen LogP contribution is 2.12. The molecule has 0 radical (unpaired) electrons. The Morgan fingerprint density at radius 1 is 1.53 bits per heavy atom. The molecule has 2 unspecified atom stereocenters. The lowest BCUT2D eigenvalue weighted by Gasteiger charge is -2.13. The van der Waals surface area contributed by atoms with Crippen LogP contribution in [0.25, 0.3) is 0 Å². The minimum Gasteiger partial charge on any atom is -0.399 e. The minimum absolute atomic E-state index is 0.105. The van der Waals surface area contributed by atoms with Crippen molar-refractivity contribution in [3.8, 4) is 0 Å².